The molecular formula is C12H17BrFN. The Morgan fingerprint density at radius 3 is 2.47 bits per heavy atom. The predicted octanol–water partition coefficient (Wildman–Crippen LogP) is 3.52. The third-order valence-corrected chi connectivity index (χ3v) is 2.45. The topological polar surface area (TPSA) is 12.0 Å². The molecule has 1 aromatic rings. The van der Waals surface area contributed by atoms with Crippen molar-refractivity contribution < 1.29 is 4.39 Å². The van der Waals surface area contributed by atoms with Crippen molar-refractivity contribution in [2.75, 3.05) is 6.54 Å². The molecule has 0 saturated carbocycles. The van der Waals surface area contributed by atoms with Gasteiger partial charge in [0.25, 0.3) is 0 Å². The summed E-state index contributed by atoms with van der Waals surface area (Å²) in [6.45, 7) is 7.22. The Bertz CT molecular complexity index is 311. The number of halogens is 2. The number of benzene rings is 1. The lowest BCUT2D eigenvalue weighted by atomic mass is 10.1. The van der Waals surface area contributed by atoms with Crippen LogP contribution in [0, 0.1) is 5.82 Å². The number of rotatable bonds is 3. The lowest BCUT2D eigenvalue weighted by molar-refractivity contribution is 0.429. The van der Waals surface area contributed by atoms with E-state index in [1.165, 1.54) is 6.07 Å². The molecular weight excluding hydrogens is 257 g/mol. The minimum Gasteiger partial charge on any atom is -0.312 e. The van der Waals surface area contributed by atoms with E-state index >= 15 is 0 Å². The van der Waals surface area contributed by atoms with Gasteiger partial charge in [-0.25, -0.2) is 4.39 Å². The quantitative estimate of drug-likeness (QED) is 0.889. The van der Waals surface area contributed by atoms with E-state index in [9.17, 15) is 4.39 Å². The molecule has 0 unspecified atom stereocenters. The minimum atomic E-state index is -0.185. The highest BCUT2D eigenvalue weighted by Gasteiger charge is 2.07. The molecule has 0 aliphatic rings. The van der Waals surface area contributed by atoms with E-state index in [0.29, 0.717) is 0 Å². The first kappa shape index (κ1) is 12.7. The van der Waals surface area contributed by atoms with Gasteiger partial charge in [0.2, 0.25) is 0 Å². The lowest BCUT2D eigenvalue weighted by Crippen LogP contribution is -2.37. The van der Waals surface area contributed by atoms with Crippen molar-refractivity contribution in [3.63, 3.8) is 0 Å². The van der Waals surface area contributed by atoms with E-state index in [2.05, 4.69) is 42.0 Å². The van der Waals surface area contributed by atoms with Gasteiger partial charge in [-0.1, -0.05) is 15.9 Å². The van der Waals surface area contributed by atoms with Gasteiger partial charge < -0.3 is 5.32 Å². The fraction of sp³-hybridized carbons (Fsp3) is 0.500. The van der Waals surface area contributed by atoms with Gasteiger partial charge >= 0.3 is 0 Å². The Hall–Kier alpha value is -0.410. The van der Waals surface area contributed by atoms with Crippen molar-refractivity contribution in [1.82, 2.24) is 5.32 Å². The molecule has 0 bridgehead atoms. The van der Waals surface area contributed by atoms with Gasteiger partial charge in [-0.3, -0.25) is 0 Å². The monoisotopic (exact) mass is 273 g/mol. The van der Waals surface area contributed by atoms with E-state index < -0.39 is 0 Å². The summed E-state index contributed by atoms with van der Waals surface area (Å²) in [5, 5.41) is 3.37. The van der Waals surface area contributed by atoms with E-state index in [1.54, 1.807) is 6.07 Å². The highest BCUT2D eigenvalue weighted by Crippen LogP contribution is 2.15. The van der Waals surface area contributed by atoms with Crippen LogP contribution in [0.25, 0.3) is 0 Å². The van der Waals surface area contributed by atoms with Crippen LogP contribution in [0.3, 0.4) is 0 Å². The van der Waals surface area contributed by atoms with E-state index in [-0.39, 0.29) is 11.4 Å². The molecule has 1 aromatic carbocycles. The molecule has 0 fully saturated rings. The van der Waals surface area contributed by atoms with Crippen LogP contribution in [0.5, 0.6) is 0 Å². The molecule has 84 valence electrons. The number of hydrogen-bond donors (Lipinski definition) is 1. The van der Waals surface area contributed by atoms with Crippen molar-refractivity contribution >= 4 is 15.9 Å². The molecule has 0 aliphatic heterocycles. The Morgan fingerprint density at radius 2 is 1.93 bits per heavy atom. The van der Waals surface area contributed by atoms with Gasteiger partial charge in [0.05, 0.1) is 0 Å². The van der Waals surface area contributed by atoms with Crippen LogP contribution in [-0.2, 0) is 6.42 Å². The van der Waals surface area contributed by atoms with Gasteiger partial charge in [0, 0.05) is 10.0 Å². The minimum absolute atomic E-state index is 0.116. The number of nitrogens with one attached hydrogen (secondary N) is 1. The average Bonchev–Trinajstić information content (AvgIpc) is 1.99. The second kappa shape index (κ2) is 5.08. The molecule has 0 saturated heterocycles. The third-order valence-electron chi connectivity index (χ3n) is 1.99. The summed E-state index contributed by atoms with van der Waals surface area (Å²) >= 11 is 3.28. The zero-order chi connectivity index (χ0) is 11.5. The normalized spacial score (nSPS) is 11.8. The highest BCUT2D eigenvalue weighted by molar-refractivity contribution is 9.10. The summed E-state index contributed by atoms with van der Waals surface area (Å²) in [5.74, 6) is -0.185. The summed E-state index contributed by atoms with van der Waals surface area (Å²) in [7, 11) is 0. The fourth-order valence-electron chi connectivity index (χ4n) is 1.34. The molecule has 1 N–H and O–H groups in total. The van der Waals surface area contributed by atoms with Crippen LogP contribution in [0.15, 0.2) is 22.7 Å². The third kappa shape index (κ3) is 5.28. The summed E-state index contributed by atoms with van der Waals surface area (Å²) in [6.07, 6.45) is 0.841. The van der Waals surface area contributed by atoms with Gasteiger partial charge in [-0.15, -0.1) is 0 Å². The number of hydrogen-bond acceptors (Lipinski definition) is 1. The highest BCUT2D eigenvalue weighted by atomic mass is 79.9. The predicted molar refractivity (Wildman–Crippen MR) is 65.6 cm³/mol. The maximum absolute atomic E-state index is 13.0. The van der Waals surface area contributed by atoms with Crippen molar-refractivity contribution in [2.45, 2.75) is 32.7 Å². The van der Waals surface area contributed by atoms with Crippen LogP contribution in [-0.4, -0.2) is 12.1 Å². The molecule has 0 aliphatic carbocycles. The van der Waals surface area contributed by atoms with E-state index in [1.807, 2.05) is 6.07 Å². The Labute approximate surface area is 99.2 Å². The second-order valence-electron chi connectivity index (χ2n) is 4.70. The standard InChI is InChI=1S/C12H17BrFN/c1-12(2,3)15-5-4-9-6-10(13)8-11(14)7-9/h6-8,15H,4-5H2,1-3H3. The maximum atomic E-state index is 13.0. The summed E-state index contributed by atoms with van der Waals surface area (Å²) in [6, 6.07) is 5.00. The molecule has 0 aromatic heterocycles. The Morgan fingerprint density at radius 1 is 1.27 bits per heavy atom. The molecule has 1 rings (SSSR count). The SMILES string of the molecule is CC(C)(C)NCCc1cc(F)cc(Br)c1. The smallest absolute Gasteiger partial charge is 0.124 e. The fourth-order valence-corrected chi connectivity index (χ4v) is 1.85. The van der Waals surface area contributed by atoms with Crippen molar-refractivity contribution in [3.05, 3.63) is 34.1 Å². The molecule has 0 radical (unpaired) electrons. The molecule has 0 spiro atoms. The van der Waals surface area contributed by atoms with Gasteiger partial charge in [0.1, 0.15) is 5.82 Å². The van der Waals surface area contributed by atoms with Crippen LogP contribution in [0.2, 0.25) is 0 Å². The molecule has 15 heavy (non-hydrogen) atoms. The molecule has 0 atom stereocenters. The first-order valence-corrected chi connectivity index (χ1v) is 5.86. The zero-order valence-corrected chi connectivity index (χ0v) is 11.0. The van der Waals surface area contributed by atoms with E-state index in [0.717, 1.165) is 23.0 Å². The van der Waals surface area contributed by atoms with Crippen LogP contribution in [0.4, 0.5) is 4.39 Å². The molecule has 3 heteroatoms. The molecule has 0 heterocycles. The van der Waals surface area contributed by atoms with Crippen LogP contribution < -0.4 is 5.32 Å². The van der Waals surface area contributed by atoms with Crippen molar-refractivity contribution in [1.29, 1.82) is 0 Å². The molecule has 1 nitrogen and oxygen atoms in total. The van der Waals surface area contributed by atoms with E-state index in [4.69, 9.17) is 0 Å². The van der Waals surface area contributed by atoms with Gasteiger partial charge in [-0.05, 0) is 57.5 Å². The summed E-state index contributed by atoms with van der Waals surface area (Å²) in [5.41, 5.74) is 1.13. The van der Waals surface area contributed by atoms with Gasteiger partial charge in [0.15, 0.2) is 0 Å². The molecule has 0 amide bonds. The second-order valence-corrected chi connectivity index (χ2v) is 5.62. The summed E-state index contributed by atoms with van der Waals surface area (Å²) in [4.78, 5) is 0. The first-order valence-electron chi connectivity index (χ1n) is 5.07. The Kier molecular flexibility index (Phi) is 4.29. The van der Waals surface area contributed by atoms with Crippen molar-refractivity contribution in [2.24, 2.45) is 0 Å². The Balaban J connectivity index is 2.51. The zero-order valence-electron chi connectivity index (χ0n) is 9.40. The van der Waals surface area contributed by atoms with Crippen LogP contribution >= 0.6 is 15.9 Å². The van der Waals surface area contributed by atoms with Crippen molar-refractivity contribution in [3.8, 4) is 0 Å². The van der Waals surface area contributed by atoms with Gasteiger partial charge in [-0.2, -0.15) is 0 Å². The lowest BCUT2D eigenvalue weighted by Gasteiger charge is -2.20. The maximum Gasteiger partial charge on any atom is 0.124 e. The largest absolute Gasteiger partial charge is 0.312 e. The average molecular weight is 274 g/mol. The first-order chi connectivity index (χ1) is 6.87. The summed E-state index contributed by atoms with van der Waals surface area (Å²) < 4.78 is 13.8. The van der Waals surface area contributed by atoms with Crippen LogP contribution in [0.1, 0.15) is 26.3 Å².